The van der Waals surface area contributed by atoms with Crippen LogP contribution in [0, 0.1) is 0 Å². The number of hydroxylamine groups is 1. The van der Waals surface area contributed by atoms with Crippen molar-refractivity contribution in [1.29, 1.82) is 0 Å². The van der Waals surface area contributed by atoms with E-state index >= 15 is 0 Å². The summed E-state index contributed by atoms with van der Waals surface area (Å²) in [5, 5.41) is 2.28. The van der Waals surface area contributed by atoms with Crippen LogP contribution in [-0.2, 0) is 17.7 Å². The second kappa shape index (κ2) is 9.19. The van der Waals surface area contributed by atoms with E-state index in [0.717, 1.165) is 25.9 Å². The zero-order valence-corrected chi connectivity index (χ0v) is 14.7. The van der Waals surface area contributed by atoms with Gasteiger partial charge in [0.1, 0.15) is 0 Å². The Hall–Kier alpha value is -1.02. The predicted molar refractivity (Wildman–Crippen MR) is 95.4 cm³/mol. The molecule has 1 aromatic rings. The van der Waals surface area contributed by atoms with Gasteiger partial charge in [0.15, 0.2) is 0 Å². The molecule has 2 heteroatoms. The second-order valence-electron chi connectivity index (χ2n) is 6.47. The monoisotopic (exact) mass is 303 g/mol. The van der Waals surface area contributed by atoms with E-state index in [0.29, 0.717) is 6.04 Å². The van der Waals surface area contributed by atoms with E-state index in [9.17, 15) is 0 Å². The minimum atomic E-state index is 0.558. The van der Waals surface area contributed by atoms with Crippen molar-refractivity contribution in [2.75, 3.05) is 11.7 Å². The van der Waals surface area contributed by atoms with E-state index in [1.807, 2.05) is 0 Å². The summed E-state index contributed by atoms with van der Waals surface area (Å²) >= 11 is 0. The lowest BCUT2D eigenvalue weighted by Crippen LogP contribution is -2.38. The van der Waals surface area contributed by atoms with Crippen LogP contribution in [0.1, 0.15) is 76.8 Å². The Labute approximate surface area is 136 Å². The topological polar surface area (TPSA) is 12.5 Å². The van der Waals surface area contributed by atoms with Crippen molar-refractivity contribution in [3.8, 4) is 0 Å². The van der Waals surface area contributed by atoms with E-state index in [1.165, 1.54) is 55.3 Å². The van der Waals surface area contributed by atoms with Crippen molar-refractivity contribution in [2.45, 2.75) is 84.6 Å². The Morgan fingerprint density at radius 1 is 1.05 bits per heavy atom. The summed E-state index contributed by atoms with van der Waals surface area (Å²) in [5.41, 5.74) is 4.15. The van der Waals surface area contributed by atoms with Crippen LogP contribution in [0.2, 0.25) is 0 Å². The van der Waals surface area contributed by atoms with Crippen LogP contribution < -0.4 is 5.06 Å². The van der Waals surface area contributed by atoms with Gasteiger partial charge in [-0.3, -0.25) is 9.90 Å². The van der Waals surface area contributed by atoms with Gasteiger partial charge in [0.25, 0.3) is 0 Å². The second-order valence-corrected chi connectivity index (χ2v) is 6.47. The number of benzene rings is 1. The fourth-order valence-electron chi connectivity index (χ4n) is 3.33. The number of hydrogen-bond donors (Lipinski definition) is 0. The third kappa shape index (κ3) is 4.49. The summed E-state index contributed by atoms with van der Waals surface area (Å²) in [6, 6.07) is 7.49. The number of rotatable bonds is 8. The van der Waals surface area contributed by atoms with E-state index in [1.54, 1.807) is 0 Å². The van der Waals surface area contributed by atoms with Crippen LogP contribution in [0.3, 0.4) is 0 Å². The smallest absolute Gasteiger partial charge is 0.0748 e. The van der Waals surface area contributed by atoms with E-state index in [-0.39, 0.29) is 0 Å². The minimum Gasteiger partial charge on any atom is -0.273 e. The van der Waals surface area contributed by atoms with Crippen LogP contribution >= 0.6 is 0 Å². The third-order valence-corrected chi connectivity index (χ3v) is 4.81. The maximum Gasteiger partial charge on any atom is 0.0748 e. The zero-order chi connectivity index (χ0) is 15.8. The van der Waals surface area contributed by atoms with Gasteiger partial charge in [0.05, 0.1) is 18.3 Å². The lowest BCUT2D eigenvalue weighted by molar-refractivity contribution is 0.0737. The highest BCUT2D eigenvalue weighted by Gasteiger charge is 2.24. The van der Waals surface area contributed by atoms with E-state index in [2.05, 4.69) is 44.0 Å². The lowest BCUT2D eigenvalue weighted by atomic mass is 9.94. The number of unbranched alkanes of at least 4 members (excludes halogenated alkanes) is 1. The lowest BCUT2D eigenvalue weighted by Gasteiger charge is -2.36. The summed E-state index contributed by atoms with van der Waals surface area (Å²) in [4.78, 5) is 6.28. The first-order chi connectivity index (χ1) is 10.8. The first-order valence-electron chi connectivity index (χ1n) is 9.34. The van der Waals surface area contributed by atoms with Gasteiger partial charge < -0.3 is 0 Å². The van der Waals surface area contributed by atoms with Crippen molar-refractivity contribution in [1.82, 2.24) is 0 Å². The van der Waals surface area contributed by atoms with Crippen LogP contribution in [0.15, 0.2) is 18.2 Å². The Morgan fingerprint density at radius 2 is 1.82 bits per heavy atom. The fraction of sp³-hybridized carbons (Fsp3) is 0.700. The molecule has 22 heavy (non-hydrogen) atoms. The third-order valence-electron chi connectivity index (χ3n) is 4.81. The number of anilines is 1. The molecule has 1 fully saturated rings. The van der Waals surface area contributed by atoms with E-state index < -0.39 is 0 Å². The normalized spacial score (nSPS) is 16.0. The van der Waals surface area contributed by atoms with Crippen molar-refractivity contribution in [2.24, 2.45) is 0 Å². The van der Waals surface area contributed by atoms with Gasteiger partial charge in [-0.15, -0.1) is 0 Å². The van der Waals surface area contributed by atoms with Crippen LogP contribution in [-0.4, -0.2) is 12.6 Å². The summed E-state index contributed by atoms with van der Waals surface area (Å²) < 4.78 is 0. The average Bonchev–Trinajstić information content (AvgIpc) is 2.59. The Morgan fingerprint density at radius 3 is 2.45 bits per heavy atom. The highest BCUT2D eigenvalue weighted by molar-refractivity contribution is 5.54. The number of hydrogen-bond acceptors (Lipinski definition) is 2. The molecule has 0 saturated heterocycles. The molecule has 0 radical (unpaired) electrons. The number of aryl methyl sites for hydroxylation is 2. The largest absolute Gasteiger partial charge is 0.273 e. The van der Waals surface area contributed by atoms with Gasteiger partial charge >= 0.3 is 0 Å². The Kier molecular flexibility index (Phi) is 7.24. The first-order valence-corrected chi connectivity index (χ1v) is 9.34. The average molecular weight is 303 g/mol. The molecule has 1 saturated carbocycles. The molecule has 0 bridgehead atoms. The molecule has 0 aromatic heterocycles. The predicted octanol–water partition coefficient (Wildman–Crippen LogP) is 5.68. The minimum absolute atomic E-state index is 0.558. The maximum absolute atomic E-state index is 6.28. The Balaban J connectivity index is 2.25. The molecule has 124 valence electrons. The van der Waals surface area contributed by atoms with Gasteiger partial charge in [0.2, 0.25) is 0 Å². The van der Waals surface area contributed by atoms with Crippen LogP contribution in [0.25, 0.3) is 0 Å². The molecular formula is C20H33NO. The van der Waals surface area contributed by atoms with Gasteiger partial charge in [-0.1, -0.05) is 58.6 Å². The quantitative estimate of drug-likeness (QED) is 0.452. The molecule has 1 aliphatic carbocycles. The highest BCUT2D eigenvalue weighted by atomic mass is 16.7. The van der Waals surface area contributed by atoms with Gasteiger partial charge in [-0.25, -0.2) is 0 Å². The molecule has 2 nitrogen and oxygen atoms in total. The molecule has 1 aliphatic rings. The Bertz CT molecular complexity index is 437. The molecule has 2 rings (SSSR count). The van der Waals surface area contributed by atoms with Crippen molar-refractivity contribution >= 4 is 5.69 Å². The van der Waals surface area contributed by atoms with Crippen LogP contribution in [0.4, 0.5) is 5.69 Å². The first kappa shape index (κ1) is 17.3. The molecular weight excluding hydrogens is 270 g/mol. The number of nitrogens with zero attached hydrogens (tertiary/aromatic N) is 1. The molecule has 0 N–H and O–H groups in total. The SMILES string of the molecule is CCCCON(c1cc(CC)ccc1CC)C1CCCCC1. The highest BCUT2D eigenvalue weighted by Crippen LogP contribution is 2.31. The maximum atomic E-state index is 6.28. The van der Waals surface area contributed by atoms with Crippen molar-refractivity contribution < 1.29 is 4.84 Å². The van der Waals surface area contributed by atoms with E-state index in [4.69, 9.17) is 4.84 Å². The summed E-state index contributed by atoms with van der Waals surface area (Å²) in [6.45, 7) is 7.54. The van der Waals surface area contributed by atoms with Gasteiger partial charge in [0, 0.05) is 0 Å². The zero-order valence-electron chi connectivity index (χ0n) is 14.7. The van der Waals surface area contributed by atoms with Crippen molar-refractivity contribution in [3.63, 3.8) is 0 Å². The molecule has 0 amide bonds. The molecule has 0 atom stereocenters. The van der Waals surface area contributed by atoms with Gasteiger partial charge in [-0.05, 0) is 49.3 Å². The molecule has 0 unspecified atom stereocenters. The molecule has 0 aliphatic heterocycles. The molecule has 1 aromatic carbocycles. The standard InChI is InChI=1S/C20H33NO/c1-4-7-15-22-21(19-11-9-8-10-12-19)20-16-17(5-2)13-14-18(20)6-3/h13-14,16,19H,4-12,15H2,1-3H3. The summed E-state index contributed by atoms with van der Waals surface area (Å²) in [5.74, 6) is 0. The van der Waals surface area contributed by atoms with Crippen molar-refractivity contribution in [3.05, 3.63) is 29.3 Å². The fourth-order valence-corrected chi connectivity index (χ4v) is 3.33. The molecule has 0 heterocycles. The van der Waals surface area contributed by atoms with Gasteiger partial charge in [-0.2, -0.15) is 0 Å². The summed E-state index contributed by atoms with van der Waals surface area (Å²) in [6.07, 6.45) is 11.1. The summed E-state index contributed by atoms with van der Waals surface area (Å²) in [7, 11) is 0. The van der Waals surface area contributed by atoms with Crippen LogP contribution in [0.5, 0.6) is 0 Å². The molecule has 0 spiro atoms.